The Bertz CT molecular complexity index is 847. The smallest absolute Gasteiger partial charge is 0.129 e. The van der Waals surface area contributed by atoms with Crippen molar-refractivity contribution in [3.05, 3.63) is 59.7 Å². The highest BCUT2D eigenvalue weighted by molar-refractivity contribution is 6.00. The molecule has 2 aliphatic rings. The van der Waals surface area contributed by atoms with Crippen LogP contribution in [0.4, 0.5) is 11.4 Å². The van der Waals surface area contributed by atoms with E-state index in [1.165, 1.54) is 0 Å². The van der Waals surface area contributed by atoms with Gasteiger partial charge in [0.1, 0.15) is 5.84 Å². The molecule has 2 aliphatic heterocycles. The third-order valence-corrected chi connectivity index (χ3v) is 4.83. The van der Waals surface area contributed by atoms with E-state index in [9.17, 15) is 0 Å². The van der Waals surface area contributed by atoms with Crippen molar-refractivity contribution in [2.75, 3.05) is 18.5 Å². The largest absolute Gasteiger partial charge is 0.381 e. The molecule has 0 atom stereocenters. The van der Waals surface area contributed by atoms with Crippen LogP contribution in [0.3, 0.4) is 0 Å². The fraction of sp³-hybridized carbons (Fsp3) is 0.300. The molecule has 0 amide bonds. The van der Waals surface area contributed by atoms with Crippen LogP contribution in [0.15, 0.2) is 53.5 Å². The maximum Gasteiger partial charge on any atom is 0.129 e. The Morgan fingerprint density at radius 3 is 2.84 bits per heavy atom. The number of hydrogen-bond acceptors (Lipinski definition) is 5. The zero-order valence-electron chi connectivity index (χ0n) is 14.0. The van der Waals surface area contributed by atoms with Gasteiger partial charge in [-0.2, -0.15) is 5.26 Å². The molecule has 1 spiro atoms. The molecule has 2 N–H and O–H groups in total. The molecule has 2 aromatic rings. The molecular formula is C20H20N4O. The summed E-state index contributed by atoms with van der Waals surface area (Å²) < 4.78 is 5.57. The Morgan fingerprint density at radius 2 is 2.00 bits per heavy atom. The van der Waals surface area contributed by atoms with E-state index in [2.05, 4.69) is 22.8 Å². The van der Waals surface area contributed by atoms with E-state index in [-0.39, 0.29) is 5.54 Å². The number of aliphatic imine (C=N–C) groups is 1. The molecule has 5 nitrogen and oxygen atoms in total. The number of para-hydroxylation sites is 2. The minimum Gasteiger partial charge on any atom is -0.381 e. The minimum absolute atomic E-state index is 0.209. The Balaban J connectivity index is 1.62. The third kappa shape index (κ3) is 3.09. The number of nitriles is 1. The van der Waals surface area contributed by atoms with Gasteiger partial charge in [-0.15, -0.1) is 0 Å². The van der Waals surface area contributed by atoms with Crippen LogP contribution in [0.2, 0.25) is 0 Å². The molecule has 25 heavy (non-hydrogen) atoms. The monoisotopic (exact) mass is 332 g/mol. The molecule has 0 aliphatic carbocycles. The average Bonchev–Trinajstić information content (AvgIpc) is 2.67. The summed E-state index contributed by atoms with van der Waals surface area (Å²) in [5.74, 6) is 0.955. The van der Waals surface area contributed by atoms with Crippen LogP contribution < -0.4 is 10.6 Å². The van der Waals surface area contributed by atoms with Crippen molar-refractivity contribution >= 4 is 17.2 Å². The van der Waals surface area contributed by atoms with Crippen molar-refractivity contribution in [3.8, 4) is 6.07 Å². The lowest BCUT2D eigenvalue weighted by molar-refractivity contribution is 0.0771. The summed E-state index contributed by atoms with van der Waals surface area (Å²) in [6.45, 7) is 2.08. The highest BCUT2D eigenvalue weighted by Crippen LogP contribution is 2.37. The Kier molecular flexibility index (Phi) is 4.12. The van der Waals surface area contributed by atoms with E-state index in [0.29, 0.717) is 12.1 Å². The zero-order valence-corrected chi connectivity index (χ0v) is 14.0. The van der Waals surface area contributed by atoms with Gasteiger partial charge in [-0.05, 0) is 29.8 Å². The molecule has 0 radical (unpaired) electrons. The number of anilines is 1. The van der Waals surface area contributed by atoms with Crippen LogP contribution >= 0.6 is 0 Å². The molecule has 2 aromatic carbocycles. The summed E-state index contributed by atoms with van der Waals surface area (Å²) in [7, 11) is 0. The molecule has 4 rings (SSSR count). The molecule has 1 saturated heterocycles. The van der Waals surface area contributed by atoms with Crippen molar-refractivity contribution < 1.29 is 4.74 Å². The second-order valence-electron chi connectivity index (χ2n) is 6.46. The third-order valence-electron chi connectivity index (χ3n) is 4.83. The maximum absolute atomic E-state index is 9.07. The topological polar surface area (TPSA) is 69.4 Å². The van der Waals surface area contributed by atoms with Crippen molar-refractivity contribution in [2.24, 2.45) is 4.99 Å². The standard InChI is InChI=1S/C20H20N4O/c21-13-15-4-3-5-16(12-15)14-22-19-20(8-10-25-11-9-20)24-18-7-2-1-6-17(18)23-19/h1-7,12,24H,8-11,14H2,(H,22,23). The van der Waals surface area contributed by atoms with Gasteiger partial charge in [0.2, 0.25) is 0 Å². The first kappa shape index (κ1) is 15.7. The van der Waals surface area contributed by atoms with Gasteiger partial charge in [0.25, 0.3) is 0 Å². The Morgan fingerprint density at radius 1 is 1.16 bits per heavy atom. The second kappa shape index (κ2) is 6.58. The number of benzene rings is 2. The van der Waals surface area contributed by atoms with E-state index in [0.717, 1.165) is 48.8 Å². The van der Waals surface area contributed by atoms with Crippen LogP contribution in [0.5, 0.6) is 0 Å². The van der Waals surface area contributed by atoms with Crippen molar-refractivity contribution in [2.45, 2.75) is 24.9 Å². The maximum atomic E-state index is 9.07. The van der Waals surface area contributed by atoms with E-state index >= 15 is 0 Å². The summed E-state index contributed by atoms with van der Waals surface area (Å²) in [5, 5.41) is 16.3. The fourth-order valence-corrected chi connectivity index (χ4v) is 3.45. The van der Waals surface area contributed by atoms with Gasteiger partial charge < -0.3 is 15.4 Å². The van der Waals surface area contributed by atoms with Crippen LogP contribution in [0.25, 0.3) is 0 Å². The van der Waals surface area contributed by atoms with E-state index in [1.54, 1.807) is 0 Å². The van der Waals surface area contributed by atoms with Crippen LogP contribution in [0.1, 0.15) is 24.0 Å². The van der Waals surface area contributed by atoms with Gasteiger partial charge in [-0.25, -0.2) is 4.99 Å². The van der Waals surface area contributed by atoms with Crippen molar-refractivity contribution in [1.29, 1.82) is 5.26 Å². The first-order chi connectivity index (χ1) is 12.3. The van der Waals surface area contributed by atoms with Gasteiger partial charge in [-0.3, -0.25) is 0 Å². The molecule has 0 saturated carbocycles. The van der Waals surface area contributed by atoms with Crippen molar-refractivity contribution in [3.63, 3.8) is 0 Å². The number of nitrogens with zero attached hydrogens (tertiary/aromatic N) is 2. The average molecular weight is 332 g/mol. The van der Waals surface area contributed by atoms with E-state index in [4.69, 9.17) is 15.0 Å². The molecule has 5 heteroatoms. The molecule has 2 heterocycles. The molecule has 126 valence electrons. The number of fused-ring (bicyclic) bond motifs is 1. The number of rotatable bonds is 2. The fourth-order valence-electron chi connectivity index (χ4n) is 3.45. The summed E-state index contributed by atoms with van der Waals surface area (Å²) in [6.07, 6.45) is 1.76. The van der Waals surface area contributed by atoms with Gasteiger partial charge in [0, 0.05) is 32.6 Å². The minimum atomic E-state index is -0.209. The summed E-state index contributed by atoms with van der Waals surface area (Å²) in [6, 6.07) is 18.0. The molecule has 0 unspecified atom stereocenters. The van der Waals surface area contributed by atoms with E-state index in [1.807, 2.05) is 42.5 Å². The number of nitrogens with one attached hydrogen (secondary N) is 2. The second-order valence-corrected chi connectivity index (χ2v) is 6.46. The molecule has 1 fully saturated rings. The summed E-state index contributed by atoms with van der Waals surface area (Å²) in [4.78, 5) is 4.90. The summed E-state index contributed by atoms with van der Waals surface area (Å²) >= 11 is 0. The predicted molar refractivity (Wildman–Crippen MR) is 97.9 cm³/mol. The lowest BCUT2D eigenvalue weighted by Gasteiger charge is -2.42. The van der Waals surface area contributed by atoms with E-state index < -0.39 is 0 Å². The lowest BCUT2D eigenvalue weighted by Crippen LogP contribution is -2.56. The lowest BCUT2D eigenvalue weighted by atomic mass is 9.86. The van der Waals surface area contributed by atoms with Crippen molar-refractivity contribution in [1.82, 2.24) is 5.32 Å². The number of ether oxygens (including phenoxy) is 1. The predicted octanol–water partition coefficient (Wildman–Crippen LogP) is 3.35. The Hall–Kier alpha value is -2.84. The van der Waals surface area contributed by atoms with Gasteiger partial charge in [0.05, 0.1) is 28.5 Å². The molecule has 0 bridgehead atoms. The number of amidine groups is 1. The van der Waals surface area contributed by atoms with Crippen LogP contribution in [0, 0.1) is 11.3 Å². The highest BCUT2D eigenvalue weighted by atomic mass is 16.5. The quantitative estimate of drug-likeness (QED) is 0.885. The Labute approximate surface area is 147 Å². The number of hydrogen-bond donors (Lipinski definition) is 2. The summed E-state index contributed by atoms with van der Waals surface area (Å²) in [5.41, 5.74) is 3.56. The first-order valence-corrected chi connectivity index (χ1v) is 8.56. The normalized spacial score (nSPS) is 17.8. The van der Waals surface area contributed by atoms with Crippen LogP contribution in [-0.4, -0.2) is 24.6 Å². The molecular weight excluding hydrogens is 312 g/mol. The highest BCUT2D eigenvalue weighted by Gasteiger charge is 2.40. The molecule has 0 aromatic heterocycles. The van der Waals surface area contributed by atoms with Crippen LogP contribution in [-0.2, 0) is 11.3 Å². The van der Waals surface area contributed by atoms with Gasteiger partial charge >= 0.3 is 0 Å². The first-order valence-electron chi connectivity index (χ1n) is 8.56. The zero-order chi connectivity index (χ0) is 17.1. The van der Waals surface area contributed by atoms with Gasteiger partial charge in [0.15, 0.2) is 0 Å². The van der Waals surface area contributed by atoms with Gasteiger partial charge in [-0.1, -0.05) is 24.3 Å². The SMILES string of the molecule is N#Cc1cccc(CNC2=Nc3ccccc3NC23CCOCC3)c1.